The van der Waals surface area contributed by atoms with Gasteiger partial charge in [0.05, 0.1) is 6.42 Å². The van der Waals surface area contributed by atoms with Crippen LogP contribution in [0.5, 0.6) is 0 Å². The summed E-state index contributed by atoms with van der Waals surface area (Å²) >= 11 is 0. The third-order valence-corrected chi connectivity index (χ3v) is 8.54. The van der Waals surface area contributed by atoms with Crippen LogP contribution in [0.15, 0.2) is 30.3 Å². The number of piperazine rings is 1. The van der Waals surface area contributed by atoms with Crippen molar-refractivity contribution in [2.24, 2.45) is 11.8 Å². The second kappa shape index (κ2) is 20.7. The highest BCUT2D eigenvalue weighted by molar-refractivity contribution is 6.00. The third kappa shape index (κ3) is 13.3. The van der Waals surface area contributed by atoms with E-state index in [1.165, 1.54) is 18.7 Å². The van der Waals surface area contributed by atoms with Crippen LogP contribution in [0.1, 0.15) is 80.2 Å². The van der Waals surface area contributed by atoms with E-state index in [0.29, 0.717) is 12.1 Å². The van der Waals surface area contributed by atoms with Gasteiger partial charge in [-0.15, -0.1) is 0 Å². The normalized spacial score (nSPS) is 18.0. The third-order valence-electron chi connectivity index (χ3n) is 8.54. The minimum Gasteiger partial charge on any atom is -0.354 e. The SMILES string of the molecule is CCCCNC(=O)[C@H](C)NC(=O)[C@@H](NC(=O)C[C@@H]1NC(=O)[C@H](CNC(=O)[C@H](C)NC(=O)[C@@H](NC(C)=O)C(C)C)N(Cc2ccccc2)C1=O)C(C)C. The number of hydrogen-bond acceptors (Lipinski definition) is 8. The molecule has 52 heavy (non-hydrogen) atoms. The fourth-order valence-electron chi connectivity index (χ4n) is 5.47. The standard InChI is InChI=1S/C36H56N8O8/c1-9-10-16-37-31(47)22(6)39-35(51)30(21(4)5)43-28(46)17-26-36(52)44(19-25-14-12-11-13-15-25)27(33(49)42-26)18-38-32(48)23(7)40-34(50)29(20(2)3)41-24(8)45/h11-15,20-23,26-27,29-30H,9-10,16-19H2,1-8H3,(H,37,47)(H,38,48)(H,39,51)(H,40,50)(H,41,45)(H,42,49)(H,43,46)/t22-,23-,26-,27-,29-,30-/m0/s1. The summed E-state index contributed by atoms with van der Waals surface area (Å²) in [4.78, 5) is 105. The van der Waals surface area contributed by atoms with E-state index in [0.717, 1.165) is 12.8 Å². The number of rotatable bonds is 19. The topological polar surface area (TPSA) is 224 Å². The van der Waals surface area contributed by atoms with E-state index in [1.54, 1.807) is 65.0 Å². The number of nitrogens with one attached hydrogen (secondary N) is 7. The highest BCUT2D eigenvalue weighted by Crippen LogP contribution is 2.17. The summed E-state index contributed by atoms with van der Waals surface area (Å²) in [5, 5.41) is 18.4. The van der Waals surface area contributed by atoms with E-state index in [1.807, 2.05) is 6.92 Å². The molecule has 1 saturated heterocycles. The quantitative estimate of drug-likeness (QED) is 0.0928. The van der Waals surface area contributed by atoms with Gasteiger partial charge in [0.15, 0.2) is 0 Å². The molecule has 1 aromatic carbocycles. The van der Waals surface area contributed by atoms with E-state index < -0.39 is 84.0 Å². The minimum absolute atomic E-state index is 0.0000564. The highest BCUT2D eigenvalue weighted by atomic mass is 16.2. The van der Waals surface area contributed by atoms with Gasteiger partial charge in [-0.2, -0.15) is 0 Å². The molecule has 6 atom stereocenters. The molecule has 0 radical (unpaired) electrons. The van der Waals surface area contributed by atoms with Gasteiger partial charge in [-0.1, -0.05) is 71.4 Å². The Morgan fingerprint density at radius 1 is 0.750 bits per heavy atom. The average Bonchev–Trinajstić information content (AvgIpc) is 3.07. The molecular weight excluding hydrogens is 672 g/mol. The summed E-state index contributed by atoms with van der Waals surface area (Å²) in [6.45, 7) is 13.4. The lowest BCUT2D eigenvalue weighted by Crippen LogP contribution is -2.66. The Hall–Kier alpha value is -5.02. The molecule has 8 amide bonds. The van der Waals surface area contributed by atoms with Gasteiger partial charge in [0, 0.05) is 26.6 Å². The van der Waals surface area contributed by atoms with E-state index in [9.17, 15) is 38.4 Å². The first-order valence-electron chi connectivity index (χ1n) is 17.8. The number of carbonyl (C=O) groups is 8. The smallest absolute Gasteiger partial charge is 0.246 e. The largest absolute Gasteiger partial charge is 0.354 e. The predicted octanol–water partition coefficient (Wildman–Crippen LogP) is -0.384. The molecule has 0 saturated carbocycles. The lowest BCUT2D eigenvalue weighted by Gasteiger charge is -2.39. The van der Waals surface area contributed by atoms with Gasteiger partial charge in [-0.3, -0.25) is 38.4 Å². The highest BCUT2D eigenvalue weighted by Gasteiger charge is 2.42. The van der Waals surface area contributed by atoms with Gasteiger partial charge < -0.3 is 42.1 Å². The zero-order valence-corrected chi connectivity index (χ0v) is 31.5. The molecule has 7 N–H and O–H groups in total. The molecule has 1 aliphatic rings. The number of nitrogens with zero attached hydrogens (tertiary/aromatic N) is 1. The Bertz CT molecular complexity index is 1440. The van der Waals surface area contributed by atoms with Gasteiger partial charge in [0.1, 0.15) is 36.3 Å². The Kier molecular flexibility index (Phi) is 17.2. The van der Waals surface area contributed by atoms with Crippen molar-refractivity contribution in [1.82, 2.24) is 42.1 Å². The number of benzene rings is 1. The first kappa shape index (κ1) is 43.1. The Morgan fingerprint density at radius 3 is 1.81 bits per heavy atom. The first-order valence-corrected chi connectivity index (χ1v) is 17.8. The number of amides is 8. The van der Waals surface area contributed by atoms with Crippen LogP contribution in [-0.2, 0) is 44.9 Å². The van der Waals surface area contributed by atoms with Crippen molar-refractivity contribution < 1.29 is 38.4 Å². The lowest BCUT2D eigenvalue weighted by atomic mass is 10.0. The maximum atomic E-state index is 13.9. The van der Waals surface area contributed by atoms with Gasteiger partial charge >= 0.3 is 0 Å². The first-order chi connectivity index (χ1) is 24.5. The molecule has 1 fully saturated rings. The molecule has 0 spiro atoms. The molecular formula is C36H56N8O8. The minimum atomic E-state index is -1.26. The molecule has 16 heteroatoms. The van der Waals surface area contributed by atoms with Crippen LogP contribution in [0.25, 0.3) is 0 Å². The van der Waals surface area contributed by atoms with Gasteiger partial charge in [0.2, 0.25) is 47.3 Å². The van der Waals surface area contributed by atoms with Crippen LogP contribution in [0.2, 0.25) is 0 Å². The van der Waals surface area contributed by atoms with Crippen molar-refractivity contribution in [3.63, 3.8) is 0 Å². The van der Waals surface area contributed by atoms with Crippen molar-refractivity contribution in [2.45, 2.75) is 117 Å². The molecule has 0 unspecified atom stereocenters. The summed E-state index contributed by atoms with van der Waals surface area (Å²) < 4.78 is 0. The van der Waals surface area contributed by atoms with Crippen molar-refractivity contribution in [1.29, 1.82) is 0 Å². The van der Waals surface area contributed by atoms with Crippen molar-refractivity contribution in [3.05, 3.63) is 35.9 Å². The van der Waals surface area contributed by atoms with Crippen LogP contribution in [0, 0.1) is 11.8 Å². The summed E-state index contributed by atoms with van der Waals surface area (Å²) in [6.07, 6.45) is 1.23. The Labute approximate surface area is 305 Å². The Morgan fingerprint density at radius 2 is 1.29 bits per heavy atom. The van der Waals surface area contributed by atoms with Crippen molar-refractivity contribution >= 4 is 47.3 Å². The van der Waals surface area contributed by atoms with Gasteiger partial charge in [0.25, 0.3) is 0 Å². The van der Waals surface area contributed by atoms with Crippen LogP contribution < -0.4 is 37.2 Å². The summed E-state index contributed by atoms with van der Waals surface area (Å²) in [5.74, 6) is -4.95. The van der Waals surface area contributed by atoms with E-state index >= 15 is 0 Å². The number of unbranched alkanes of at least 4 members (excludes halogenated alkanes) is 1. The van der Waals surface area contributed by atoms with Crippen molar-refractivity contribution in [3.8, 4) is 0 Å². The number of carbonyl (C=O) groups excluding carboxylic acids is 8. The molecule has 1 heterocycles. The lowest BCUT2D eigenvalue weighted by molar-refractivity contribution is -0.151. The monoisotopic (exact) mass is 728 g/mol. The maximum absolute atomic E-state index is 13.9. The number of hydrogen-bond donors (Lipinski definition) is 7. The summed E-state index contributed by atoms with van der Waals surface area (Å²) in [5.41, 5.74) is 0.702. The summed E-state index contributed by atoms with van der Waals surface area (Å²) in [7, 11) is 0. The molecule has 288 valence electrons. The van der Waals surface area contributed by atoms with Crippen LogP contribution >= 0.6 is 0 Å². The van der Waals surface area contributed by atoms with E-state index in [2.05, 4.69) is 37.2 Å². The molecule has 0 aromatic heterocycles. The zero-order chi connectivity index (χ0) is 39.1. The molecule has 1 aromatic rings. The maximum Gasteiger partial charge on any atom is 0.246 e. The van der Waals surface area contributed by atoms with Crippen LogP contribution in [0.4, 0.5) is 0 Å². The predicted molar refractivity (Wildman–Crippen MR) is 193 cm³/mol. The van der Waals surface area contributed by atoms with E-state index in [4.69, 9.17) is 0 Å². The fraction of sp³-hybridized carbons (Fsp3) is 0.611. The van der Waals surface area contributed by atoms with Crippen molar-refractivity contribution in [2.75, 3.05) is 13.1 Å². The summed E-state index contributed by atoms with van der Waals surface area (Å²) in [6, 6.07) is 2.71. The zero-order valence-electron chi connectivity index (χ0n) is 31.5. The van der Waals surface area contributed by atoms with Crippen LogP contribution in [0.3, 0.4) is 0 Å². The average molecular weight is 729 g/mol. The molecule has 16 nitrogen and oxygen atoms in total. The molecule has 0 bridgehead atoms. The molecule has 1 aliphatic heterocycles. The fourth-order valence-corrected chi connectivity index (χ4v) is 5.47. The van der Waals surface area contributed by atoms with Gasteiger partial charge in [-0.05, 0) is 37.7 Å². The molecule has 0 aliphatic carbocycles. The second-order valence-electron chi connectivity index (χ2n) is 13.8. The molecule has 2 rings (SSSR count). The van der Waals surface area contributed by atoms with E-state index in [-0.39, 0.29) is 30.8 Å². The van der Waals surface area contributed by atoms with Gasteiger partial charge in [-0.25, -0.2) is 0 Å². The second-order valence-corrected chi connectivity index (χ2v) is 13.8. The Balaban J connectivity index is 2.14. The van der Waals surface area contributed by atoms with Crippen LogP contribution in [-0.4, -0.2) is 101 Å².